The van der Waals surface area contributed by atoms with Crippen LogP contribution in [0.1, 0.15) is 65.7 Å². The van der Waals surface area contributed by atoms with Gasteiger partial charge in [-0.3, -0.25) is 10.5 Å². The van der Waals surface area contributed by atoms with E-state index in [1.165, 1.54) is 0 Å². The van der Waals surface area contributed by atoms with Gasteiger partial charge < -0.3 is 35.1 Å². The lowest BCUT2D eigenvalue weighted by Crippen LogP contribution is -2.95. The largest absolute Gasteiger partial charge is 0.456 e. The predicted molar refractivity (Wildman–Crippen MR) is 139 cm³/mol. The summed E-state index contributed by atoms with van der Waals surface area (Å²) in [5.74, 6) is -0.890. The SMILES string of the molecule is CC=C(C[NH2+]CC)C(=O)OC1CC2C(CC3OC(CO)CC(=O)C3C2O)OC1(C)CCC1CCC(N)[NH2+]C1. The van der Waals surface area contributed by atoms with Crippen molar-refractivity contribution in [2.24, 2.45) is 23.5 Å². The molecule has 1 saturated carbocycles. The summed E-state index contributed by atoms with van der Waals surface area (Å²) in [5, 5.41) is 25.2. The molecule has 0 spiro atoms. The Balaban J connectivity index is 1.53. The zero-order chi connectivity index (χ0) is 27.4. The zero-order valence-electron chi connectivity index (χ0n) is 23.2. The van der Waals surface area contributed by atoms with E-state index in [2.05, 4.69) is 5.32 Å². The van der Waals surface area contributed by atoms with E-state index in [9.17, 15) is 19.8 Å². The summed E-state index contributed by atoms with van der Waals surface area (Å²) in [7, 11) is 0. The number of Topliss-reactive ketones (excluding diaryl/α,β-unsaturated/α-hetero) is 1. The fourth-order valence-electron chi connectivity index (χ4n) is 6.90. The van der Waals surface area contributed by atoms with Gasteiger partial charge >= 0.3 is 5.97 Å². The quantitative estimate of drug-likeness (QED) is 0.179. The van der Waals surface area contributed by atoms with Crippen molar-refractivity contribution in [1.82, 2.24) is 0 Å². The van der Waals surface area contributed by atoms with Crippen LogP contribution in [0.5, 0.6) is 0 Å². The van der Waals surface area contributed by atoms with Crippen LogP contribution in [0.25, 0.3) is 0 Å². The van der Waals surface area contributed by atoms with Crippen molar-refractivity contribution < 1.29 is 44.6 Å². The molecule has 38 heavy (non-hydrogen) atoms. The normalized spacial score (nSPS) is 41.8. The Morgan fingerprint density at radius 1 is 1.32 bits per heavy atom. The number of carbonyl (C=O) groups excluding carboxylic acids is 2. The van der Waals surface area contributed by atoms with Gasteiger partial charge in [0.1, 0.15) is 30.2 Å². The molecule has 10 nitrogen and oxygen atoms in total. The molecule has 10 unspecified atom stereocenters. The highest BCUT2D eigenvalue weighted by molar-refractivity contribution is 5.88. The minimum Gasteiger partial charge on any atom is -0.456 e. The summed E-state index contributed by atoms with van der Waals surface area (Å²) in [6, 6.07) is 0. The van der Waals surface area contributed by atoms with Crippen molar-refractivity contribution in [2.75, 3.05) is 26.2 Å². The van der Waals surface area contributed by atoms with E-state index in [1.54, 1.807) is 6.08 Å². The highest BCUT2D eigenvalue weighted by Crippen LogP contribution is 2.48. The maximum Gasteiger partial charge on any atom is 0.339 e. The van der Waals surface area contributed by atoms with Crippen molar-refractivity contribution in [3.63, 3.8) is 0 Å². The van der Waals surface area contributed by atoms with Crippen LogP contribution in [0, 0.1) is 17.8 Å². The number of aliphatic hydroxyl groups is 2. The van der Waals surface area contributed by atoms with E-state index in [0.717, 1.165) is 38.8 Å². The maximum absolute atomic E-state index is 13.2. The first-order chi connectivity index (χ1) is 18.2. The zero-order valence-corrected chi connectivity index (χ0v) is 23.2. The first kappa shape index (κ1) is 29.6. The number of esters is 1. The van der Waals surface area contributed by atoms with Gasteiger partial charge in [-0.05, 0) is 46.5 Å². The molecule has 0 bridgehead atoms. The van der Waals surface area contributed by atoms with Gasteiger partial charge in [-0.1, -0.05) is 6.08 Å². The molecule has 4 aliphatic rings. The van der Waals surface area contributed by atoms with Crippen LogP contribution < -0.4 is 16.4 Å². The standard InChI is InChI=1S/C28H47N3O7/c1-4-17(14-30-5-2)27(35)37-23-11-19-21(12-22-25(26(19)34)20(33)10-18(15-32)36-22)38-28(23,3)9-8-16-6-7-24(29)31-13-16/h4,16,18-19,21-26,30-32,34H,5-15,29H2,1-3H3/p+2. The van der Waals surface area contributed by atoms with Crippen LogP contribution in [0.2, 0.25) is 0 Å². The summed E-state index contributed by atoms with van der Waals surface area (Å²) < 4.78 is 19.0. The van der Waals surface area contributed by atoms with Crippen LogP contribution in [-0.2, 0) is 23.8 Å². The average Bonchev–Trinajstić information content (AvgIpc) is 2.89. The second-order valence-corrected chi connectivity index (χ2v) is 12.0. The minimum absolute atomic E-state index is 0.0776. The Labute approximate surface area is 226 Å². The van der Waals surface area contributed by atoms with Crippen LogP contribution in [0.4, 0.5) is 0 Å². The summed E-state index contributed by atoms with van der Waals surface area (Å²) in [6.45, 7) is 8.07. The molecular weight excluding hydrogens is 490 g/mol. The molecule has 0 radical (unpaired) electrons. The van der Waals surface area contributed by atoms with Crippen molar-refractivity contribution in [1.29, 1.82) is 0 Å². The van der Waals surface area contributed by atoms with Crippen molar-refractivity contribution >= 4 is 11.8 Å². The van der Waals surface area contributed by atoms with Gasteiger partial charge in [0, 0.05) is 31.1 Å². The van der Waals surface area contributed by atoms with Gasteiger partial charge in [-0.15, -0.1) is 0 Å². The number of ether oxygens (including phenoxy) is 3. The van der Waals surface area contributed by atoms with E-state index in [-0.39, 0.29) is 43.0 Å². The number of hydrogen-bond donors (Lipinski definition) is 5. The molecule has 10 atom stereocenters. The number of hydrogen-bond acceptors (Lipinski definition) is 8. The molecule has 0 aromatic rings. The number of fused-ring (bicyclic) bond motifs is 2. The molecule has 0 aromatic heterocycles. The molecule has 10 heteroatoms. The number of quaternary nitrogens is 2. The fourth-order valence-corrected chi connectivity index (χ4v) is 6.90. The molecule has 3 aliphatic heterocycles. The van der Waals surface area contributed by atoms with Gasteiger partial charge in [0.2, 0.25) is 0 Å². The molecular formula is C28H49N3O7+2. The number of carbonyl (C=O) groups is 2. The molecule has 3 saturated heterocycles. The molecule has 0 aromatic carbocycles. The maximum atomic E-state index is 13.2. The number of likely N-dealkylation sites (N-methyl/N-ethyl adjacent to an activating group) is 1. The molecule has 4 fully saturated rings. The number of ketones is 1. The first-order valence-electron chi connectivity index (χ1n) is 14.6. The second-order valence-electron chi connectivity index (χ2n) is 12.0. The molecule has 3 heterocycles. The van der Waals surface area contributed by atoms with E-state index in [1.807, 2.05) is 26.1 Å². The summed E-state index contributed by atoms with van der Waals surface area (Å²) >= 11 is 0. The summed E-state index contributed by atoms with van der Waals surface area (Å²) in [4.78, 5) is 26.1. The third-order valence-corrected chi connectivity index (χ3v) is 9.35. The van der Waals surface area contributed by atoms with E-state index in [4.69, 9.17) is 19.9 Å². The lowest BCUT2D eigenvalue weighted by atomic mass is 9.66. The highest BCUT2D eigenvalue weighted by atomic mass is 16.6. The van der Waals surface area contributed by atoms with E-state index in [0.29, 0.717) is 30.9 Å². The van der Waals surface area contributed by atoms with Crippen LogP contribution in [0.3, 0.4) is 0 Å². The number of nitrogens with two attached hydrogens (primary N) is 3. The lowest BCUT2D eigenvalue weighted by Gasteiger charge is -2.54. The van der Waals surface area contributed by atoms with Gasteiger partial charge in [0.25, 0.3) is 0 Å². The Morgan fingerprint density at radius 2 is 2.11 bits per heavy atom. The summed E-state index contributed by atoms with van der Waals surface area (Å²) in [5.41, 5.74) is 5.95. The van der Waals surface area contributed by atoms with Crippen molar-refractivity contribution in [3.8, 4) is 0 Å². The first-order valence-corrected chi connectivity index (χ1v) is 14.6. The minimum atomic E-state index is -0.944. The molecule has 8 N–H and O–H groups in total. The van der Waals surface area contributed by atoms with Crippen LogP contribution in [0.15, 0.2) is 11.6 Å². The Bertz CT molecular complexity index is 861. The Kier molecular flexibility index (Phi) is 10.00. The Morgan fingerprint density at radius 3 is 2.76 bits per heavy atom. The molecule has 4 rings (SSSR count). The number of aliphatic hydroxyl groups excluding tert-OH is 2. The third-order valence-electron chi connectivity index (χ3n) is 9.35. The van der Waals surface area contributed by atoms with Crippen LogP contribution in [-0.4, -0.2) is 90.5 Å². The van der Waals surface area contributed by atoms with E-state index < -0.39 is 35.9 Å². The molecule has 216 valence electrons. The van der Waals surface area contributed by atoms with Gasteiger partial charge in [-0.2, -0.15) is 0 Å². The smallest absolute Gasteiger partial charge is 0.339 e. The van der Waals surface area contributed by atoms with Gasteiger partial charge in [0.15, 0.2) is 0 Å². The van der Waals surface area contributed by atoms with Crippen molar-refractivity contribution in [2.45, 2.75) is 108 Å². The van der Waals surface area contributed by atoms with Crippen molar-refractivity contribution in [3.05, 3.63) is 11.6 Å². The van der Waals surface area contributed by atoms with E-state index >= 15 is 0 Å². The predicted octanol–water partition coefficient (Wildman–Crippen LogP) is -1.27. The monoisotopic (exact) mass is 539 g/mol. The van der Waals surface area contributed by atoms with Crippen LogP contribution >= 0.6 is 0 Å². The average molecular weight is 540 g/mol. The topological polar surface area (TPSA) is 162 Å². The summed E-state index contributed by atoms with van der Waals surface area (Å²) in [6.07, 6.45) is 3.85. The molecule has 0 amide bonds. The second kappa shape index (κ2) is 12.8. The van der Waals surface area contributed by atoms with Gasteiger partial charge in [0.05, 0.1) is 55.6 Å². The number of piperidine rings is 1. The highest BCUT2D eigenvalue weighted by Gasteiger charge is 2.57. The van der Waals surface area contributed by atoms with Gasteiger partial charge in [-0.25, -0.2) is 4.79 Å². The third kappa shape index (κ3) is 6.49. The number of rotatable bonds is 9. The lowest BCUT2D eigenvalue weighted by molar-refractivity contribution is -0.703. The fraction of sp³-hybridized carbons (Fsp3) is 0.857. The number of allylic oxidation sites excluding steroid dienone is 1. The Hall–Kier alpha value is -1.40. The molecule has 1 aliphatic carbocycles.